The van der Waals surface area contributed by atoms with Gasteiger partial charge in [0.25, 0.3) is 0 Å². The first kappa shape index (κ1) is 34.0. The van der Waals surface area contributed by atoms with Gasteiger partial charge in [0.15, 0.2) is 0 Å². The normalized spacial score (nSPS) is 11.4. The third-order valence-corrected chi connectivity index (χ3v) is 14.2. The molecule has 0 spiro atoms. The standard InChI is InChI=1S/C25H16N3S.C18H18GeN.Ir/c1-16-14-15-19-18-10-7-11-20(23(18)29-25(19)26-16)24-27-21-12-5-6-13-22(21)28(24)17-8-3-2-4-9-17;1-19(2,3)17-10-11-18(20-13-17)16-9-8-14-6-4-5-7-15(14)12-16;/h2-10,12-15H,1H3;4-8,10-13H,1-3H3;/q2*-1;. The van der Waals surface area contributed by atoms with E-state index in [0.717, 1.165) is 49.9 Å². The van der Waals surface area contributed by atoms with Crippen molar-refractivity contribution in [3.05, 3.63) is 151 Å². The molecule has 0 aliphatic rings. The first-order valence-corrected chi connectivity index (χ1v) is 24.6. The zero-order chi connectivity index (χ0) is 33.5. The molecule has 0 bridgehead atoms. The van der Waals surface area contributed by atoms with Gasteiger partial charge in [-0.15, -0.1) is 18.2 Å². The van der Waals surface area contributed by atoms with E-state index in [4.69, 9.17) is 9.97 Å². The number of fused-ring (bicyclic) bond motifs is 5. The second-order valence-electron chi connectivity index (χ2n) is 13.3. The van der Waals surface area contributed by atoms with Gasteiger partial charge in [0.2, 0.25) is 0 Å². The van der Waals surface area contributed by atoms with Crippen molar-refractivity contribution in [2.45, 2.75) is 24.2 Å². The van der Waals surface area contributed by atoms with E-state index in [-0.39, 0.29) is 20.1 Å². The van der Waals surface area contributed by atoms with Crippen LogP contribution in [-0.2, 0) is 20.1 Å². The van der Waals surface area contributed by atoms with Gasteiger partial charge in [0.1, 0.15) is 4.83 Å². The van der Waals surface area contributed by atoms with Gasteiger partial charge in [-0.05, 0) is 47.3 Å². The Morgan fingerprint density at radius 3 is 2.26 bits per heavy atom. The van der Waals surface area contributed by atoms with Gasteiger partial charge in [0.05, 0.1) is 16.9 Å². The van der Waals surface area contributed by atoms with Gasteiger partial charge in [-0.2, -0.15) is 11.3 Å². The number of imidazole rings is 1. The van der Waals surface area contributed by atoms with Crippen LogP contribution in [0.15, 0.2) is 134 Å². The first-order chi connectivity index (χ1) is 23.8. The minimum absolute atomic E-state index is 0. The van der Waals surface area contributed by atoms with Gasteiger partial charge < -0.3 is 4.57 Å². The van der Waals surface area contributed by atoms with Crippen LogP contribution in [-0.4, -0.2) is 32.8 Å². The van der Waals surface area contributed by atoms with Crippen molar-refractivity contribution in [3.63, 3.8) is 0 Å². The Kier molecular flexibility index (Phi) is 9.55. The quantitative estimate of drug-likeness (QED) is 0.131. The summed E-state index contributed by atoms with van der Waals surface area (Å²) >= 11 is -0.0521. The molecular weight excluding hydrogens is 869 g/mol. The smallest absolute Gasteiger partial charge is 0 e. The van der Waals surface area contributed by atoms with Crippen molar-refractivity contribution >= 4 is 71.1 Å². The summed E-state index contributed by atoms with van der Waals surface area (Å²) in [4.78, 5) is 15.5. The van der Waals surface area contributed by atoms with E-state index in [1.165, 1.54) is 30.6 Å². The Labute approximate surface area is 312 Å². The number of nitrogens with zero attached hydrogens (tertiary/aromatic N) is 4. The Bertz CT molecular complexity index is 2600. The average Bonchev–Trinajstić information content (AvgIpc) is 3.70. The summed E-state index contributed by atoms with van der Waals surface area (Å²) in [5, 5.41) is 4.85. The molecule has 5 aromatic carbocycles. The first-order valence-electron chi connectivity index (χ1n) is 16.4. The maximum absolute atomic E-state index is 5.02. The molecule has 0 unspecified atom stereocenters. The van der Waals surface area contributed by atoms with E-state index in [9.17, 15) is 0 Å². The minimum Gasteiger partial charge on any atom is 0 e. The number of hydrogen-bond acceptors (Lipinski definition) is 4. The Hall–Kier alpha value is -4.46. The molecule has 1 radical (unpaired) electrons. The molecule has 7 heteroatoms. The summed E-state index contributed by atoms with van der Waals surface area (Å²) in [6.45, 7) is 2.03. The average molecular weight is 904 g/mol. The maximum atomic E-state index is 5.02. The summed E-state index contributed by atoms with van der Waals surface area (Å²) in [5.74, 6) is 8.07. The van der Waals surface area contributed by atoms with E-state index >= 15 is 0 Å². The van der Waals surface area contributed by atoms with Crippen LogP contribution in [0.1, 0.15) is 5.69 Å². The summed E-state index contributed by atoms with van der Waals surface area (Å²) in [6.07, 6.45) is 2.05. The largest absolute Gasteiger partial charge is 0 e. The van der Waals surface area contributed by atoms with Crippen LogP contribution in [0.5, 0.6) is 0 Å². The van der Waals surface area contributed by atoms with Crippen molar-refractivity contribution in [2.75, 3.05) is 0 Å². The molecule has 247 valence electrons. The van der Waals surface area contributed by atoms with Gasteiger partial charge >= 0.3 is 123 Å². The van der Waals surface area contributed by atoms with Crippen LogP contribution >= 0.6 is 11.3 Å². The third kappa shape index (κ3) is 6.57. The maximum Gasteiger partial charge on any atom is 0 e. The topological polar surface area (TPSA) is 43.6 Å². The van der Waals surface area contributed by atoms with Crippen LogP contribution in [0.25, 0.3) is 70.4 Å². The van der Waals surface area contributed by atoms with Gasteiger partial charge in [-0.1, -0.05) is 47.3 Å². The van der Waals surface area contributed by atoms with Gasteiger partial charge in [0, 0.05) is 31.5 Å². The second-order valence-corrected chi connectivity index (χ2v) is 24.9. The zero-order valence-corrected chi connectivity index (χ0v) is 33.5. The molecule has 4 nitrogen and oxygen atoms in total. The number of pyridine rings is 2. The predicted octanol–water partition coefficient (Wildman–Crippen LogP) is 10.8. The molecule has 4 aromatic heterocycles. The Morgan fingerprint density at radius 1 is 0.720 bits per heavy atom. The molecule has 9 rings (SSSR count). The van der Waals surface area contributed by atoms with Crippen LogP contribution in [0.2, 0.25) is 17.3 Å². The molecule has 0 aliphatic carbocycles. The zero-order valence-electron chi connectivity index (χ0n) is 28.2. The summed E-state index contributed by atoms with van der Waals surface area (Å²) < 4.78 is 4.84. The minimum atomic E-state index is -1.77. The van der Waals surface area contributed by atoms with Crippen molar-refractivity contribution in [1.82, 2.24) is 19.5 Å². The number of benzene rings is 5. The van der Waals surface area contributed by atoms with Crippen LogP contribution in [0, 0.1) is 19.1 Å². The molecule has 0 saturated carbocycles. The summed E-state index contributed by atoms with van der Waals surface area (Å²) in [7, 11) is 0. The molecule has 0 saturated heterocycles. The molecule has 0 amide bonds. The second kappa shape index (κ2) is 14.0. The molecule has 0 N–H and O–H groups in total. The molecule has 0 fully saturated rings. The number of rotatable bonds is 4. The molecule has 9 aromatic rings. The van der Waals surface area contributed by atoms with E-state index in [1.54, 1.807) is 11.3 Å². The fourth-order valence-corrected chi connectivity index (χ4v) is 9.57. The van der Waals surface area contributed by atoms with Crippen LogP contribution < -0.4 is 4.40 Å². The summed E-state index contributed by atoms with van der Waals surface area (Å²) in [6, 6.07) is 50.8. The monoisotopic (exact) mass is 905 g/mol. The van der Waals surface area contributed by atoms with Gasteiger partial charge in [-0.25, -0.2) is 4.98 Å². The van der Waals surface area contributed by atoms with Crippen molar-refractivity contribution in [3.8, 4) is 28.3 Å². The van der Waals surface area contributed by atoms with E-state index in [2.05, 4.69) is 148 Å². The van der Waals surface area contributed by atoms with E-state index in [1.807, 2.05) is 31.2 Å². The number of hydrogen-bond donors (Lipinski definition) is 0. The molecule has 50 heavy (non-hydrogen) atoms. The van der Waals surface area contributed by atoms with Crippen LogP contribution in [0.4, 0.5) is 0 Å². The third-order valence-electron chi connectivity index (χ3n) is 8.82. The number of aryl methyl sites for hydroxylation is 1. The predicted molar refractivity (Wildman–Crippen MR) is 210 cm³/mol. The fourth-order valence-electron chi connectivity index (χ4n) is 6.18. The molecule has 4 heterocycles. The SMILES string of the molecule is Cc1ccc2c(n1)sc1c(-c3nc4ccccc4n3-c3ccccc3)[c-]ccc12.[CH3][Ge]([CH3])([CH3])[c]1ccc(-c2[c-]cc3ccccc3c2)nc1.[Ir]. The fraction of sp³-hybridized carbons (Fsp3) is 0.0930. The summed E-state index contributed by atoms with van der Waals surface area (Å²) in [5.41, 5.74) is 7.29. The van der Waals surface area contributed by atoms with Crippen molar-refractivity contribution in [1.29, 1.82) is 0 Å². The number of thiophene rings is 1. The number of para-hydroxylation sites is 3. The molecular formula is C43H34GeIrN4S-2. The van der Waals surface area contributed by atoms with Crippen LogP contribution in [0.3, 0.4) is 0 Å². The van der Waals surface area contributed by atoms with E-state index < -0.39 is 13.3 Å². The van der Waals surface area contributed by atoms with Gasteiger partial charge in [-0.3, -0.25) is 4.98 Å². The Morgan fingerprint density at radius 2 is 1.48 bits per heavy atom. The molecule has 0 atom stereocenters. The molecule has 0 aliphatic heterocycles. The number of aromatic nitrogens is 4. The Balaban J connectivity index is 0.000000165. The van der Waals surface area contributed by atoms with Crippen molar-refractivity contribution < 1.29 is 20.1 Å². The van der Waals surface area contributed by atoms with Crippen molar-refractivity contribution in [2.24, 2.45) is 0 Å². The van der Waals surface area contributed by atoms with E-state index in [0.29, 0.717) is 0 Å².